The van der Waals surface area contributed by atoms with E-state index in [1.807, 2.05) is 75.5 Å². The Morgan fingerprint density at radius 1 is 1.09 bits per heavy atom. The highest BCUT2D eigenvalue weighted by atomic mass is 32.2. The fourth-order valence-electron chi connectivity index (χ4n) is 8.16. The second-order valence-electron chi connectivity index (χ2n) is 18.7. The zero-order valence-corrected chi connectivity index (χ0v) is 38.8. The Labute approximate surface area is 376 Å². The number of rotatable bonds is 15. The number of fused-ring (bicyclic) bond motifs is 1. The molecule has 17 nitrogen and oxygen atoms in total. The third-order valence-corrected chi connectivity index (χ3v) is 15.7. The average Bonchev–Trinajstić information content (AvgIpc) is 3.83. The smallest absolute Gasteiger partial charge is 0.259 e. The van der Waals surface area contributed by atoms with Gasteiger partial charge in [0.25, 0.3) is 5.91 Å². The van der Waals surface area contributed by atoms with Crippen molar-refractivity contribution >= 4 is 55.7 Å². The summed E-state index contributed by atoms with van der Waals surface area (Å²) in [6, 6.07) is 10.9. The minimum Gasteiger partial charge on any atom is -0.496 e. The third kappa shape index (κ3) is 8.42. The summed E-state index contributed by atoms with van der Waals surface area (Å²) in [7, 11) is -2.42. The molecule has 3 aromatic heterocycles. The maximum atomic E-state index is 15.2. The molecule has 4 heterocycles. The van der Waals surface area contributed by atoms with Gasteiger partial charge in [0.05, 0.1) is 29.6 Å². The number of amides is 3. The van der Waals surface area contributed by atoms with Crippen LogP contribution in [0.4, 0.5) is 5.69 Å². The summed E-state index contributed by atoms with van der Waals surface area (Å²) in [5.41, 5.74) is 2.02. The molecule has 1 saturated heterocycles. The molecule has 2 aliphatic carbocycles. The maximum absolute atomic E-state index is 15.2. The molecule has 0 spiro atoms. The van der Waals surface area contributed by atoms with Crippen LogP contribution in [-0.2, 0) is 24.4 Å². The summed E-state index contributed by atoms with van der Waals surface area (Å²) in [4.78, 5) is 55.3. The normalized spacial score (nSPS) is 21.9. The van der Waals surface area contributed by atoms with Crippen molar-refractivity contribution in [1.29, 1.82) is 0 Å². The number of tetrazole rings is 1. The Bertz CT molecular complexity index is 2750. The fraction of sp³-hybridized carbons (Fsp3) is 0.467. The second-order valence-corrected chi connectivity index (χ2v) is 21.7. The quantitative estimate of drug-likeness (QED) is 0.0898. The minimum absolute atomic E-state index is 0.00787. The van der Waals surface area contributed by atoms with Crippen molar-refractivity contribution in [2.45, 2.75) is 109 Å². The van der Waals surface area contributed by atoms with E-state index in [0.29, 0.717) is 63.0 Å². The van der Waals surface area contributed by atoms with Gasteiger partial charge in [0.15, 0.2) is 0 Å². The number of carbonyl (C=O) groups is 3. The summed E-state index contributed by atoms with van der Waals surface area (Å²) >= 11 is 1.48. The third-order valence-electron chi connectivity index (χ3n) is 12.6. The number of hydrogen-bond donors (Lipinski definition) is 4. The molecule has 2 saturated carbocycles. The molecule has 3 aliphatic rings. The van der Waals surface area contributed by atoms with Crippen LogP contribution in [0.1, 0.15) is 84.4 Å². The predicted octanol–water partition coefficient (Wildman–Crippen LogP) is 5.91. The fourth-order valence-corrected chi connectivity index (χ4v) is 10.4. The van der Waals surface area contributed by atoms with E-state index in [0.717, 1.165) is 11.3 Å². The number of pyridine rings is 1. The van der Waals surface area contributed by atoms with Gasteiger partial charge in [0, 0.05) is 46.0 Å². The highest BCUT2D eigenvalue weighted by Crippen LogP contribution is 2.47. The molecule has 64 heavy (non-hydrogen) atoms. The molecule has 5 atom stereocenters. The molecule has 19 heteroatoms. The number of sulfonamides is 1. The van der Waals surface area contributed by atoms with Crippen LogP contribution in [0.15, 0.2) is 60.5 Å². The molecule has 0 radical (unpaired) electrons. The molecule has 5 aromatic rings. The first kappa shape index (κ1) is 44.6. The molecule has 4 N–H and O–H groups in total. The van der Waals surface area contributed by atoms with Crippen LogP contribution in [0, 0.1) is 18.3 Å². The van der Waals surface area contributed by atoms with Gasteiger partial charge >= 0.3 is 0 Å². The van der Waals surface area contributed by atoms with Crippen molar-refractivity contribution in [3.63, 3.8) is 0 Å². The number of nitrogens with one attached hydrogen (secondary N) is 4. The standard InChI is InChI=1S/C45H54N10O7S2/c1-10-27-21-45(27,42(58)52-64(59,60)44(8)16-17-44)49-39(56)33-19-29(22-55(33)41(57)37(43(5,6)7)46-28-13-11-12-26(18-28)38-50-53-54-51-38)62-35-20-31(40-48-32(23-63-40)24(2)3)47-36-25(4)34(61-9)15-14-30(35)36/h10-15,18,20,23-24,27,29,33,37,46H,1,16-17,19,21-22H2,2-9H3,(H,49,56)(H,52,58)(H,50,51,53,54)/t27-,29-,33+,37-,45-/m1/s1. The van der Waals surface area contributed by atoms with Gasteiger partial charge in [-0.1, -0.05) is 52.8 Å². The number of nitrogens with zero attached hydrogens (tertiary/aromatic N) is 6. The Morgan fingerprint density at radius 3 is 2.48 bits per heavy atom. The van der Waals surface area contributed by atoms with Gasteiger partial charge in [-0.3, -0.25) is 19.1 Å². The van der Waals surface area contributed by atoms with Crippen molar-refractivity contribution in [3.05, 3.63) is 71.8 Å². The number of aryl methyl sites for hydroxylation is 1. The van der Waals surface area contributed by atoms with Gasteiger partial charge in [0.1, 0.15) is 45.9 Å². The van der Waals surface area contributed by atoms with Crippen LogP contribution in [0.25, 0.3) is 33.0 Å². The SMILES string of the molecule is C=C[C@@H]1C[C@]1(NC(=O)[C@@H]1C[C@@H](Oc2cc(-c3nc(C(C)C)cs3)nc3c(C)c(OC)ccc23)CN1C(=O)[C@@H](Nc1cccc(-c2nn[nH]n2)c1)C(C)(C)C)C(=O)NS(=O)(=O)C1(C)CC1. The van der Waals surface area contributed by atoms with E-state index in [1.165, 1.54) is 22.3 Å². The Morgan fingerprint density at radius 2 is 1.86 bits per heavy atom. The number of H-pyrrole nitrogens is 1. The van der Waals surface area contributed by atoms with Crippen molar-refractivity contribution in [1.82, 2.24) is 45.5 Å². The van der Waals surface area contributed by atoms with Crippen LogP contribution < -0.4 is 24.8 Å². The molecule has 338 valence electrons. The summed E-state index contributed by atoms with van der Waals surface area (Å²) in [5.74, 6) is -0.640. The summed E-state index contributed by atoms with van der Waals surface area (Å²) in [5, 5.41) is 24.1. The van der Waals surface area contributed by atoms with Crippen LogP contribution in [-0.4, -0.2) is 104 Å². The molecular weight excluding hydrogens is 857 g/mol. The predicted molar refractivity (Wildman–Crippen MR) is 243 cm³/mol. The van der Waals surface area contributed by atoms with Crippen molar-refractivity contribution < 1.29 is 32.3 Å². The number of hydrogen-bond acceptors (Lipinski definition) is 14. The molecule has 8 rings (SSSR count). The molecule has 1 aliphatic heterocycles. The van der Waals surface area contributed by atoms with E-state index in [2.05, 4.69) is 56.4 Å². The minimum atomic E-state index is -4.02. The highest BCUT2D eigenvalue weighted by molar-refractivity contribution is 7.91. The van der Waals surface area contributed by atoms with Crippen molar-refractivity contribution in [2.75, 3.05) is 19.0 Å². The first-order chi connectivity index (χ1) is 30.3. The lowest BCUT2D eigenvalue weighted by molar-refractivity contribution is -0.141. The Balaban J connectivity index is 1.15. The first-order valence-electron chi connectivity index (χ1n) is 21.3. The number of benzene rings is 2. The summed E-state index contributed by atoms with van der Waals surface area (Å²) in [6.07, 6.45) is 1.88. The zero-order valence-electron chi connectivity index (χ0n) is 37.2. The number of aromatic amines is 1. The largest absolute Gasteiger partial charge is 0.496 e. The van der Waals surface area contributed by atoms with Crippen molar-refractivity contribution in [3.8, 4) is 33.6 Å². The Kier molecular flexibility index (Phi) is 11.5. The van der Waals surface area contributed by atoms with Gasteiger partial charge in [-0.15, -0.1) is 28.1 Å². The van der Waals surface area contributed by atoms with Crippen LogP contribution >= 0.6 is 11.3 Å². The van der Waals surface area contributed by atoms with Crippen LogP contribution in [0.3, 0.4) is 0 Å². The number of aromatic nitrogens is 6. The average molecular weight is 911 g/mol. The topological polar surface area (TPSA) is 223 Å². The van der Waals surface area contributed by atoms with Gasteiger partial charge < -0.3 is 25.0 Å². The van der Waals surface area contributed by atoms with E-state index in [1.54, 1.807) is 14.0 Å². The van der Waals surface area contributed by atoms with E-state index < -0.39 is 61.6 Å². The lowest BCUT2D eigenvalue weighted by Gasteiger charge is -2.36. The van der Waals surface area contributed by atoms with Gasteiger partial charge in [0.2, 0.25) is 27.7 Å². The first-order valence-corrected chi connectivity index (χ1v) is 23.7. The maximum Gasteiger partial charge on any atom is 0.259 e. The summed E-state index contributed by atoms with van der Waals surface area (Å²) in [6.45, 7) is 17.3. The number of methoxy groups -OCH3 is 1. The number of carbonyl (C=O) groups excluding carboxylic acids is 3. The number of ether oxygens (including phenoxy) is 2. The Hall–Kier alpha value is -5.95. The second kappa shape index (κ2) is 16.6. The van der Waals surface area contributed by atoms with Crippen molar-refractivity contribution in [2.24, 2.45) is 11.3 Å². The van der Waals surface area contributed by atoms with Gasteiger partial charge in [-0.05, 0) is 73.9 Å². The van der Waals surface area contributed by atoms with Gasteiger partial charge in [-0.2, -0.15) is 5.21 Å². The van der Waals surface area contributed by atoms with E-state index in [-0.39, 0.29) is 31.2 Å². The molecule has 2 aromatic carbocycles. The van der Waals surface area contributed by atoms with Crippen LogP contribution in [0.2, 0.25) is 0 Å². The number of anilines is 1. The number of likely N-dealkylation sites (tertiary alicyclic amines) is 1. The lowest BCUT2D eigenvalue weighted by atomic mass is 9.85. The molecule has 0 unspecified atom stereocenters. The van der Waals surface area contributed by atoms with E-state index in [9.17, 15) is 18.0 Å². The van der Waals surface area contributed by atoms with E-state index in [4.69, 9.17) is 19.4 Å². The highest BCUT2D eigenvalue weighted by Gasteiger charge is 2.63. The molecule has 3 fully saturated rings. The lowest BCUT2D eigenvalue weighted by Crippen LogP contribution is -2.59. The monoisotopic (exact) mass is 910 g/mol. The van der Waals surface area contributed by atoms with E-state index >= 15 is 4.79 Å². The molecule has 0 bridgehead atoms. The van der Waals surface area contributed by atoms with Crippen LogP contribution in [0.5, 0.6) is 11.5 Å². The van der Waals surface area contributed by atoms with Gasteiger partial charge in [-0.25, -0.2) is 18.4 Å². The summed E-state index contributed by atoms with van der Waals surface area (Å²) < 4.78 is 40.2. The number of thiazole rings is 1. The zero-order chi connectivity index (χ0) is 45.9. The molecule has 3 amide bonds. The molecular formula is C45H54N10O7S2.